The number of hydrogen-bond acceptors (Lipinski definition) is 4. The van der Waals surface area contributed by atoms with Gasteiger partial charge in [-0.05, 0) is 18.2 Å². The molecular weight excluding hydrogens is 342 g/mol. The third-order valence-electron chi connectivity index (χ3n) is 2.22. The SMILES string of the molecule is COC(=O)C(Cl)=NNc1cc(C(F)(F)F)cc(C(F)(F)F)c1. The van der Waals surface area contributed by atoms with E-state index in [0.717, 1.165) is 7.11 Å². The first kappa shape index (κ1) is 18.1. The highest BCUT2D eigenvalue weighted by molar-refractivity contribution is 6.82. The second-order valence-corrected chi connectivity index (χ2v) is 4.16. The Kier molecular flexibility index (Phi) is 5.28. The van der Waals surface area contributed by atoms with Crippen LogP contribution in [-0.2, 0) is 21.9 Å². The molecule has 0 radical (unpaired) electrons. The van der Waals surface area contributed by atoms with Crippen LogP contribution in [0.4, 0.5) is 32.0 Å². The van der Waals surface area contributed by atoms with E-state index in [2.05, 4.69) is 9.84 Å². The van der Waals surface area contributed by atoms with Crippen LogP contribution in [0.15, 0.2) is 23.3 Å². The molecule has 1 aromatic carbocycles. The van der Waals surface area contributed by atoms with Crippen LogP contribution in [0.5, 0.6) is 0 Å². The second kappa shape index (κ2) is 6.42. The first-order chi connectivity index (χ1) is 9.95. The molecule has 0 aliphatic rings. The molecule has 0 spiro atoms. The Morgan fingerprint density at radius 1 is 1.09 bits per heavy atom. The van der Waals surface area contributed by atoms with Crippen LogP contribution in [0.25, 0.3) is 0 Å². The van der Waals surface area contributed by atoms with Gasteiger partial charge in [0.15, 0.2) is 0 Å². The maximum Gasteiger partial charge on any atom is 0.416 e. The van der Waals surface area contributed by atoms with Crippen LogP contribution < -0.4 is 5.43 Å². The van der Waals surface area contributed by atoms with E-state index in [1.807, 2.05) is 5.43 Å². The highest BCUT2D eigenvalue weighted by atomic mass is 35.5. The number of methoxy groups -OCH3 is 1. The number of carbonyl (C=O) groups is 1. The monoisotopic (exact) mass is 348 g/mol. The van der Waals surface area contributed by atoms with Crippen LogP contribution in [0.2, 0.25) is 0 Å². The molecule has 122 valence electrons. The van der Waals surface area contributed by atoms with Gasteiger partial charge in [0.2, 0.25) is 5.17 Å². The summed E-state index contributed by atoms with van der Waals surface area (Å²) in [5.41, 5.74) is -1.88. The van der Waals surface area contributed by atoms with Crippen molar-refractivity contribution in [1.82, 2.24) is 0 Å². The van der Waals surface area contributed by atoms with Crippen molar-refractivity contribution < 1.29 is 35.9 Å². The Morgan fingerprint density at radius 3 is 1.91 bits per heavy atom. The van der Waals surface area contributed by atoms with Crippen LogP contribution in [0.3, 0.4) is 0 Å². The fourth-order valence-corrected chi connectivity index (χ4v) is 1.38. The smallest absolute Gasteiger partial charge is 0.416 e. The Balaban J connectivity index is 3.22. The highest BCUT2D eigenvalue weighted by Crippen LogP contribution is 2.37. The average molecular weight is 349 g/mol. The predicted octanol–water partition coefficient (Wildman–Crippen LogP) is 3.86. The fraction of sp³-hybridized carbons (Fsp3) is 0.273. The molecule has 0 aromatic heterocycles. The Labute approximate surface area is 124 Å². The van der Waals surface area contributed by atoms with Crippen molar-refractivity contribution in [2.24, 2.45) is 5.10 Å². The normalized spacial score (nSPS) is 13.0. The van der Waals surface area contributed by atoms with Crippen molar-refractivity contribution in [2.75, 3.05) is 12.5 Å². The number of ether oxygens (including phenoxy) is 1. The van der Waals surface area contributed by atoms with Crippen molar-refractivity contribution in [1.29, 1.82) is 0 Å². The van der Waals surface area contributed by atoms with Gasteiger partial charge in [-0.15, -0.1) is 0 Å². The number of carbonyl (C=O) groups excluding carboxylic acids is 1. The number of alkyl halides is 6. The van der Waals surface area contributed by atoms with Crippen molar-refractivity contribution in [3.8, 4) is 0 Å². The van der Waals surface area contributed by atoms with E-state index in [1.54, 1.807) is 0 Å². The van der Waals surface area contributed by atoms with Crippen LogP contribution >= 0.6 is 11.6 Å². The van der Waals surface area contributed by atoms with E-state index in [4.69, 9.17) is 11.6 Å². The van der Waals surface area contributed by atoms with Gasteiger partial charge in [0, 0.05) is 0 Å². The number of nitrogens with zero attached hydrogens (tertiary/aromatic N) is 1. The summed E-state index contributed by atoms with van der Waals surface area (Å²) in [5, 5.41) is 2.34. The topological polar surface area (TPSA) is 50.7 Å². The number of benzene rings is 1. The van der Waals surface area contributed by atoms with E-state index in [-0.39, 0.29) is 6.07 Å². The molecule has 0 fully saturated rings. The summed E-state index contributed by atoms with van der Waals surface area (Å²) in [4.78, 5) is 10.9. The van der Waals surface area contributed by atoms with E-state index in [0.29, 0.717) is 12.1 Å². The molecule has 0 aliphatic heterocycles. The molecule has 0 saturated carbocycles. The van der Waals surface area contributed by atoms with E-state index >= 15 is 0 Å². The largest absolute Gasteiger partial charge is 0.464 e. The number of esters is 1. The zero-order chi connectivity index (χ0) is 17.1. The number of anilines is 1. The summed E-state index contributed by atoms with van der Waals surface area (Å²) in [5.74, 6) is -1.11. The number of halogens is 7. The predicted molar refractivity (Wildman–Crippen MR) is 65.4 cm³/mol. The Morgan fingerprint density at radius 2 is 1.55 bits per heavy atom. The number of nitrogens with one attached hydrogen (secondary N) is 1. The van der Waals surface area contributed by atoms with Gasteiger partial charge in [-0.25, -0.2) is 4.79 Å². The van der Waals surface area contributed by atoms with E-state index in [1.165, 1.54) is 0 Å². The molecule has 22 heavy (non-hydrogen) atoms. The van der Waals surface area contributed by atoms with Gasteiger partial charge in [0.05, 0.1) is 23.9 Å². The summed E-state index contributed by atoms with van der Waals surface area (Å²) in [7, 11) is 0.965. The third kappa shape index (κ3) is 4.79. The summed E-state index contributed by atoms with van der Waals surface area (Å²) < 4.78 is 79.7. The molecule has 1 N–H and O–H groups in total. The zero-order valence-electron chi connectivity index (χ0n) is 10.6. The summed E-state index contributed by atoms with van der Waals surface area (Å²) in [6.45, 7) is 0. The minimum atomic E-state index is -4.99. The van der Waals surface area contributed by atoms with Crippen molar-refractivity contribution in [3.05, 3.63) is 29.3 Å². The van der Waals surface area contributed by atoms with Gasteiger partial charge in [0.1, 0.15) is 0 Å². The molecule has 0 bridgehead atoms. The van der Waals surface area contributed by atoms with Gasteiger partial charge in [0.25, 0.3) is 0 Å². The molecule has 0 aliphatic carbocycles. The Hall–Kier alpha value is -1.97. The highest BCUT2D eigenvalue weighted by Gasteiger charge is 2.36. The van der Waals surface area contributed by atoms with E-state index in [9.17, 15) is 31.1 Å². The number of hydrogen-bond donors (Lipinski definition) is 1. The minimum Gasteiger partial charge on any atom is -0.464 e. The minimum absolute atomic E-state index is 0.0448. The molecule has 11 heteroatoms. The first-order valence-electron chi connectivity index (χ1n) is 5.32. The Bertz CT molecular complexity index is 565. The van der Waals surface area contributed by atoms with E-state index < -0.39 is 40.3 Å². The van der Waals surface area contributed by atoms with Crippen LogP contribution in [0.1, 0.15) is 11.1 Å². The maximum atomic E-state index is 12.6. The van der Waals surface area contributed by atoms with Crippen molar-refractivity contribution >= 4 is 28.4 Å². The summed E-state index contributed by atoms with van der Waals surface area (Å²) in [6.07, 6.45) is -9.99. The fourth-order valence-electron chi connectivity index (χ4n) is 1.26. The van der Waals surface area contributed by atoms with Crippen molar-refractivity contribution in [2.45, 2.75) is 12.4 Å². The molecular formula is C11H7ClF6N2O2. The van der Waals surface area contributed by atoms with Gasteiger partial charge in [-0.1, -0.05) is 11.6 Å². The van der Waals surface area contributed by atoms with Crippen molar-refractivity contribution in [3.63, 3.8) is 0 Å². The molecule has 0 atom stereocenters. The average Bonchev–Trinajstić information content (AvgIpc) is 2.41. The zero-order valence-corrected chi connectivity index (χ0v) is 11.4. The van der Waals surface area contributed by atoms with Gasteiger partial charge < -0.3 is 4.74 Å². The molecule has 0 amide bonds. The third-order valence-corrected chi connectivity index (χ3v) is 2.46. The molecule has 4 nitrogen and oxygen atoms in total. The lowest BCUT2D eigenvalue weighted by molar-refractivity contribution is -0.143. The summed E-state index contributed by atoms with van der Waals surface area (Å²) >= 11 is 5.31. The molecule has 1 aromatic rings. The van der Waals surface area contributed by atoms with Gasteiger partial charge in [-0.3, -0.25) is 5.43 Å². The lowest BCUT2D eigenvalue weighted by Gasteiger charge is -2.13. The maximum absolute atomic E-state index is 12.6. The van der Waals surface area contributed by atoms with Crippen LogP contribution in [-0.4, -0.2) is 18.2 Å². The molecule has 1 rings (SSSR count). The van der Waals surface area contributed by atoms with Gasteiger partial charge in [-0.2, -0.15) is 31.4 Å². The summed E-state index contributed by atoms with van der Waals surface area (Å²) in [6, 6.07) is 0.733. The number of hydrazone groups is 1. The number of rotatable bonds is 3. The standard InChI is InChI=1S/C11H7ClF6N2O2/c1-22-9(21)8(12)20-19-7-3-5(10(13,14)15)2-6(4-7)11(16,17)18/h2-4,19H,1H3. The molecule has 0 heterocycles. The lowest BCUT2D eigenvalue weighted by atomic mass is 10.1. The second-order valence-electron chi connectivity index (χ2n) is 3.80. The lowest BCUT2D eigenvalue weighted by Crippen LogP contribution is -2.13. The molecule has 0 saturated heterocycles. The molecule has 0 unspecified atom stereocenters. The first-order valence-corrected chi connectivity index (χ1v) is 5.70. The van der Waals surface area contributed by atoms with Gasteiger partial charge >= 0.3 is 18.3 Å². The van der Waals surface area contributed by atoms with Crippen LogP contribution in [0, 0.1) is 0 Å². The quantitative estimate of drug-likeness (QED) is 0.390.